The van der Waals surface area contributed by atoms with Gasteiger partial charge in [-0.25, -0.2) is 0 Å². The summed E-state index contributed by atoms with van der Waals surface area (Å²) in [6.07, 6.45) is 0.612. The van der Waals surface area contributed by atoms with Crippen molar-refractivity contribution in [3.8, 4) is 6.07 Å². The standard InChI is InChI=1S/C12H16N2O/c1-14(2)12-5-3-10(4-6-12)7-11(8-13)9-15/h3-6,11,15H,7,9H2,1-2H3. The molecule has 0 spiro atoms. The van der Waals surface area contributed by atoms with Gasteiger partial charge in [0.25, 0.3) is 0 Å². The van der Waals surface area contributed by atoms with Gasteiger partial charge in [-0.15, -0.1) is 0 Å². The maximum absolute atomic E-state index is 8.90. The normalized spacial score (nSPS) is 11.9. The van der Waals surface area contributed by atoms with Gasteiger partial charge >= 0.3 is 0 Å². The molecule has 1 unspecified atom stereocenters. The summed E-state index contributed by atoms with van der Waals surface area (Å²) in [5.74, 6) is -0.296. The summed E-state index contributed by atoms with van der Waals surface area (Å²) in [7, 11) is 3.97. The van der Waals surface area contributed by atoms with E-state index in [-0.39, 0.29) is 12.5 Å². The van der Waals surface area contributed by atoms with E-state index in [1.807, 2.05) is 43.3 Å². The number of nitriles is 1. The first-order valence-electron chi connectivity index (χ1n) is 4.94. The molecular formula is C12H16N2O. The average molecular weight is 204 g/mol. The quantitative estimate of drug-likeness (QED) is 0.807. The van der Waals surface area contributed by atoms with Crippen LogP contribution >= 0.6 is 0 Å². The first-order valence-corrected chi connectivity index (χ1v) is 4.94. The van der Waals surface area contributed by atoms with Gasteiger partial charge < -0.3 is 10.0 Å². The van der Waals surface area contributed by atoms with Crippen molar-refractivity contribution in [1.82, 2.24) is 0 Å². The van der Waals surface area contributed by atoms with Gasteiger partial charge in [0.05, 0.1) is 18.6 Å². The molecule has 1 N–H and O–H groups in total. The summed E-state index contributed by atoms with van der Waals surface area (Å²) >= 11 is 0. The number of nitrogens with zero attached hydrogens (tertiary/aromatic N) is 2. The molecule has 0 aliphatic carbocycles. The van der Waals surface area contributed by atoms with Gasteiger partial charge in [0.2, 0.25) is 0 Å². The molecule has 0 saturated heterocycles. The third-order valence-electron chi connectivity index (χ3n) is 2.34. The summed E-state index contributed by atoms with van der Waals surface area (Å²) in [5.41, 5.74) is 2.22. The Morgan fingerprint density at radius 1 is 1.33 bits per heavy atom. The van der Waals surface area contributed by atoms with Crippen molar-refractivity contribution in [3.63, 3.8) is 0 Å². The number of rotatable bonds is 4. The van der Waals surface area contributed by atoms with Crippen LogP contribution in [0.4, 0.5) is 5.69 Å². The Kier molecular flexibility index (Phi) is 4.14. The van der Waals surface area contributed by atoms with Gasteiger partial charge in [0.1, 0.15) is 0 Å². The minimum atomic E-state index is -0.296. The van der Waals surface area contributed by atoms with Gasteiger partial charge in [-0.2, -0.15) is 5.26 Å². The number of hydrogen-bond acceptors (Lipinski definition) is 3. The fraction of sp³-hybridized carbons (Fsp3) is 0.417. The van der Waals surface area contributed by atoms with Crippen LogP contribution < -0.4 is 4.90 Å². The lowest BCUT2D eigenvalue weighted by Crippen LogP contribution is -2.09. The lowest BCUT2D eigenvalue weighted by atomic mass is 10.0. The van der Waals surface area contributed by atoms with Crippen LogP contribution in [0.25, 0.3) is 0 Å². The zero-order valence-corrected chi connectivity index (χ0v) is 9.14. The molecule has 1 atom stereocenters. The molecule has 3 heteroatoms. The van der Waals surface area contributed by atoms with E-state index in [9.17, 15) is 0 Å². The molecule has 0 fully saturated rings. The molecule has 0 aliphatic heterocycles. The average Bonchev–Trinajstić information content (AvgIpc) is 2.26. The molecule has 0 radical (unpaired) electrons. The second-order valence-corrected chi connectivity index (χ2v) is 3.77. The van der Waals surface area contributed by atoms with Crippen molar-refractivity contribution < 1.29 is 5.11 Å². The van der Waals surface area contributed by atoms with Crippen molar-refractivity contribution in [2.24, 2.45) is 5.92 Å². The molecule has 0 aliphatic rings. The topological polar surface area (TPSA) is 47.3 Å². The fourth-order valence-electron chi connectivity index (χ4n) is 1.37. The van der Waals surface area contributed by atoms with Crippen LogP contribution in [0.1, 0.15) is 5.56 Å². The molecule has 80 valence electrons. The predicted molar refractivity (Wildman–Crippen MR) is 60.7 cm³/mol. The zero-order chi connectivity index (χ0) is 11.3. The Morgan fingerprint density at radius 3 is 2.33 bits per heavy atom. The third-order valence-corrected chi connectivity index (χ3v) is 2.34. The smallest absolute Gasteiger partial charge is 0.0734 e. The van der Waals surface area contributed by atoms with E-state index in [1.54, 1.807) is 0 Å². The summed E-state index contributed by atoms with van der Waals surface area (Å²) in [4.78, 5) is 2.03. The number of benzene rings is 1. The first-order chi connectivity index (χ1) is 7.17. The highest BCUT2D eigenvalue weighted by Gasteiger charge is 2.06. The third kappa shape index (κ3) is 3.26. The molecule has 0 saturated carbocycles. The predicted octanol–water partition coefficient (Wildman–Crippen LogP) is 1.43. The molecule has 3 nitrogen and oxygen atoms in total. The highest BCUT2D eigenvalue weighted by molar-refractivity contribution is 5.46. The lowest BCUT2D eigenvalue weighted by molar-refractivity contribution is 0.255. The Balaban J connectivity index is 2.69. The van der Waals surface area contributed by atoms with Crippen LogP contribution in [0.5, 0.6) is 0 Å². The maximum atomic E-state index is 8.90. The summed E-state index contributed by atoms with van der Waals surface area (Å²) in [6, 6.07) is 10.1. The molecule has 0 heterocycles. The van der Waals surface area contributed by atoms with Crippen LogP contribution in [0.2, 0.25) is 0 Å². The molecule has 0 aromatic heterocycles. The van der Waals surface area contributed by atoms with Gasteiger partial charge in [0.15, 0.2) is 0 Å². The van der Waals surface area contributed by atoms with Gasteiger partial charge in [-0.1, -0.05) is 12.1 Å². The largest absolute Gasteiger partial charge is 0.395 e. The van der Waals surface area contributed by atoms with Crippen LogP contribution in [0.15, 0.2) is 24.3 Å². The van der Waals surface area contributed by atoms with E-state index < -0.39 is 0 Å². The van der Waals surface area contributed by atoms with E-state index in [0.29, 0.717) is 6.42 Å². The Labute approximate surface area is 90.6 Å². The van der Waals surface area contributed by atoms with E-state index in [4.69, 9.17) is 10.4 Å². The highest BCUT2D eigenvalue weighted by Crippen LogP contribution is 2.14. The van der Waals surface area contributed by atoms with Gasteiger partial charge in [-0.3, -0.25) is 0 Å². The SMILES string of the molecule is CN(C)c1ccc(CC(C#N)CO)cc1. The maximum Gasteiger partial charge on any atom is 0.0734 e. The van der Waals surface area contributed by atoms with E-state index >= 15 is 0 Å². The molecule has 1 rings (SSSR count). The van der Waals surface area contributed by atoms with Gasteiger partial charge in [-0.05, 0) is 24.1 Å². The zero-order valence-electron chi connectivity index (χ0n) is 9.14. The molecule has 15 heavy (non-hydrogen) atoms. The van der Waals surface area contributed by atoms with E-state index in [1.165, 1.54) is 0 Å². The monoisotopic (exact) mass is 204 g/mol. The van der Waals surface area contributed by atoms with E-state index in [2.05, 4.69) is 6.07 Å². The molecule has 0 amide bonds. The van der Waals surface area contributed by atoms with Crippen molar-refractivity contribution in [1.29, 1.82) is 5.26 Å². The molecular weight excluding hydrogens is 188 g/mol. The van der Waals surface area contributed by atoms with Gasteiger partial charge in [0, 0.05) is 19.8 Å². The minimum Gasteiger partial charge on any atom is -0.395 e. The minimum absolute atomic E-state index is 0.0774. The Hall–Kier alpha value is -1.53. The summed E-state index contributed by atoms with van der Waals surface area (Å²) < 4.78 is 0. The van der Waals surface area contributed by atoms with Crippen molar-refractivity contribution in [2.45, 2.75) is 6.42 Å². The van der Waals surface area contributed by atoms with Crippen molar-refractivity contribution in [2.75, 3.05) is 25.6 Å². The summed E-state index contributed by atoms with van der Waals surface area (Å²) in [5, 5.41) is 17.6. The fourth-order valence-corrected chi connectivity index (χ4v) is 1.37. The lowest BCUT2D eigenvalue weighted by Gasteiger charge is -2.13. The first kappa shape index (κ1) is 11.5. The number of anilines is 1. The van der Waals surface area contributed by atoms with Crippen LogP contribution in [-0.2, 0) is 6.42 Å². The highest BCUT2D eigenvalue weighted by atomic mass is 16.3. The van der Waals surface area contributed by atoms with Crippen LogP contribution in [0.3, 0.4) is 0 Å². The summed E-state index contributed by atoms with van der Waals surface area (Å²) in [6.45, 7) is -0.0774. The Morgan fingerprint density at radius 2 is 1.93 bits per heavy atom. The molecule has 1 aromatic carbocycles. The molecule has 0 bridgehead atoms. The van der Waals surface area contributed by atoms with E-state index in [0.717, 1.165) is 11.3 Å². The number of aliphatic hydroxyl groups is 1. The number of aliphatic hydroxyl groups excluding tert-OH is 1. The number of hydrogen-bond donors (Lipinski definition) is 1. The van der Waals surface area contributed by atoms with Crippen LogP contribution in [-0.4, -0.2) is 25.8 Å². The van der Waals surface area contributed by atoms with Crippen molar-refractivity contribution >= 4 is 5.69 Å². The molecule has 1 aromatic rings. The second kappa shape index (κ2) is 5.38. The Bertz CT molecular complexity index is 338. The van der Waals surface area contributed by atoms with Crippen LogP contribution in [0, 0.1) is 17.2 Å². The van der Waals surface area contributed by atoms with Crippen molar-refractivity contribution in [3.05, 3.63) is 29.8 Å². The second-order valence-electron chi connectivity index (χ2n) is 3.77.